The second-order valence-corrected chi connectivity index (χ2v) is 2.71. The van der Waals surface area contributed by atoms with Crippen LogP contribution < -0.4 is 10.9 Å². The number of anilines is 1. The van der Waals surface area contributed by atoms with Crippen molar-refractivity contribution >= 4 is 5.69 Å². The fourth-order valence-corrected chi connectivity index (χ4v) is 1.06. The molecule has 12 heavy (non-hydrogen) atoms. The molecule has 0 aliphatic rings. The smallest absolute Gasteiger partial charge is 0.0490 e. The summed E-state index contributed by atoms with van der Waals surface area (Å²) in [5.74, 6) is 0. The first-order valence-electron chi connectivity index (χ1n) is 4.44. The first kappa shape index (κ1) is 9.07. The highest BCUT2D eigenvalue weighted by molar-refractivity contribution is 5.44. The zero-order valence-corrected chi connectivity index (χ0v) is 7.72. The van der Waals surface area contributed by atoms with Gasteiger partial charge in [0.25, 0.3) is 0 Å². The largest absolute Gasteiger partial charge is 0.322 e. The maximum absolute atomic E-state index is 3.12. The standard InChI is InChI=1S/C10H16N2/c1-3-9-6-5-7-10(8-9)12-11-4-2/h5-8,11-12H,3-4H2,1-2H3. The molecule has 0 atom stereocenters. The minimum absolute atomic E-state index is 0.927. The Hall–Kier alpha value is -1.02. The molecule has 0 heterocycles. The van der Waals surface area contributed by atoms with Gasteiger partial charge < -0.3 is 5.43 Å². The van der Waals surface area contributed by atoms with Gasteiger partial charge in [-0.2, -0.15) is 0 Å². The molecule has 0 saturated heterocycles. The van der Waals surface area contributed by atoms with Crippen LogP contribution in [-0.4, -0.2) is 6.54 Å². The zero-order valence-electron chi connectivity index (χ0n) is 7.72. The van der Waals surface area contributed by atoms with Crippen LogP contribution in [0.25, 0.3) is 0 Å². The lowest BCUT2D eigenvalue weighted by Gasteiger charge is -2.06. The maximum atomic E-state index is 3.12. The Morgan fingerprint density at radius 2 is 2.08 bits per heavy atom. The summed E-state index contributed by atoms with van der Waals surface area (Å²) in [7, 11) is 0. The Morgan fingerprint density at radius 3 is 2.75 bits per heavy atom. The molecule has 0 aliphatic heterocycles. The Labute approximate surface area is 74.0 Å². The van der Waals surface area contributed by atoms with Gasteiger partial charge >= 0.3 is 0 Å². The van der Waals surface area contributed by atoms with Crippen LogP contribution in [-0.2, 0) is 6.42 Å². The first-order valence-corrected chi connectivity index (χ1v) is 4.44. The van der Waals surface area contributed by atoms with Crippen molar-refractivity contribution in [2.75, 3.05) is 12.0 Å². The Kier molecular flexibility index (Phi) is 3.61. The summed E-state index contributed by atoms with van der Waals surface area (Å²) < 4.78 is 0. The summed E-state index contributed by atoms with van der Waals surface area (Å²) in [6.45, 7) is 5.15. The van der Waals surface area contributed by atoms with Gasteiger partial charge in [-0.05, 0) is 24.1 Å². The van der Waals surface area contributed by atoms with E-state index in [4.69, 9.17) is 0 Å². The van der Waals surface area contributed by atoms with E-state index >= 15 is 0 Å². The molecule has 1 aromatic carbocycles. The average molecular weight is 164 g/mol. The molecule has 0 spiro atoms. The Morgan fingerprint density at radius 1 is 1.25 bits per heavy atom. The van der Waals surface area contributed by atoms with E-state index in [2.05, 4.69) is 49.0 Å². The highest BCUT2D eigenvalue weighted by Crippen LogP contribution is 2.09. The molecule has 0 saturated carbocycles. The van der Waals surface area contributed by atoms with Gasteiger partial charge in [0.15, 0.2) is 0 Å². The first-order chi connectivity index (χ1) is 5.86. The number of rotatable bonds is 4. The Bertz CT molecular complexity index is 233. The van der Waals surface area contributed by atoms with E-state index in [0.717, 1.165) is 18.7 Å². The van der Waals surface area contributed by atoms with Crippen LogP contribution in [0.5, 0.6) is 0 Å². The van der Waals surface area contributed by atoms with Crippen LogP contribution in [0.4, 0.5) is 5.69 Å². The number of nitrogens with one attached hydrogen (secondary N) is 2. The summed E-state index contributed by atoms with van der Waals surface area (Å²) in [5, 5.41) is 0. The summed E-state index contributed by atoms with van der Waals surface area (Å²) in [6, 6.07) is 8.42. The lowest BCUT2D eigenvalue weighted by molar-refractivity contribution is 0.844. The van der Waals surface area contributed by atoms with E-state index in [1.54, 1.807) is 0 Å². The highest BCUT2D eigenvalue weighted by Gasteiger charge is 1.91. The van der Waals surface area contributed by atoms with Crippen molar-refractivity contribution in [2.24, 2.45) is 0 Å². The predicted molar refractivity (Wildman–Crippen MR) is 53.1 cm³/mol. The second kappa shape index (κ2) is 4.78. The third kappa shape index (κ3) is 2.55. The van der Waals surface area contributed by atoms with Gasteiger partial charge in [0.2, 0.25) is 0 Å². The molecular formula is C10H16N2. The van der Waals surface area contributed by atoms with Gasteiger partial charge in [0.1, 0.15) is 0 Å². The summed E-state index contributed by atoms with van der Waals surface area (Å²) in [5.41, 5.74) is 8.68. The third-order valence-electron chi connectivity index (χ3n) is 1.74. The fraction of sp³-hybridized carbons (Fsp3) is 0.400. The van der Waals surface area contributed by atoms with Crippen molar-refractivity contribution in [1.29, 1.82) is 0 Å². The molecule has 0 aromatic heterocycles. The van der Waals surface area contributed by atoms with Crippen molar-refractivity contribution < 1.29 is 0 Å². The number of hydrogen-bond donors (Lipinski definition) is 2. The van der Waals surface area contributed by atoms with Crippen LogP contribution in [0.15, 0.2) is 24.3 Å². The van der Waals surface area contributed by atoms with Crippen LogP contribution in [0.2, 0.25) is 0 Å². The van der Waals surface area contributed by atoms with Crippen LogP contribution in [0.3, 0.4) is 0 Å². The van der Waals surface area contributed by atoms with E-state index < -0.39 is 0 Å². The zero-order chi connectivity index (χ0) is 8.81. The summed E-state index contributed by atoms with van der Waals surface area (Å²) in [6.07, 6.45) is 1.08. The number of hydrogen-bond acceptors (Lipinski definition) is 2. The van der Waals surface area contributed by atoms with Crippen molar-refractivity contribution in [1.82, 2.24) is 5.43 Å². The lowest BCUT2D eigenvalue weighted by Crippen LogP contribution is -2.20. The van der Waals surface area contributed by atoms with Gasteiger partial charge in [-0.25, -0.2) is 5.43 Å². The van der Waals surface area contributed by atoms with E-state index in [1.165, 1.54) is 5.56 Å². The molecule has 0 unspecified atom stereocenters. The minimum Gasteiger partial charge on any atom is -0.322 e. The van der Waals surface area contributed by atoms with E-state index in [9.17, 15) is 0 Å². The average Bonchev–Trinajstić information content (AvgIpc) is 2.15. The third-order valence-corrected chi connectivity index (χ3v) is 1.74. The monoisotopic (exact) mass is 164 g/mol. The van der Waals surface area contributed by atoms with Crippen LogP contribution in [0.1, 0.15) is 19.4 Å². The fourth-order valence-electron chi connectivity index (χ4n) is 1.06. The Balaban J connectivity index is 2.60. The topological polar surface area (TPSA) is 24.1 Å². The summed E-state index contributed by atoms with van der Waals surface area (Å²) in [4.78, 5) is 0. The molecule has 0 aliphatic carbocycles. The second-order valence-electron chi connectivity index (χ2n) is 2.71. The predicted octanol–water partition coefficient (Wildman–Crippen LogP) is 2.19. The minimum atomic E-state index is 0.927. The lowest BCUT2D eigenvalue weighted by atomic mass is 10.1. The normalized spacial score (nSPS) is 9.83. The van der Waals surface area contributed by atoms with Gasteiger partial charge in [0.05, 0.1) is 0 Å². The molecular weight excluding hydrogens is 148 g/mol. The molecule has 2 heteroatoms. The molecule has 1 aromatic rings. The number of hydrazine groups is 1. The molecule has 0 fully saturated rings. The van der Waals surface area contributed by atoms with Crippen LogP contribution in [0, 0.1) is 0 Å². The van der Waals surface area contributed by atoms with Gasteiger partial charge in [-0.3, -0.25) is 0 Å². The van der Waals surface area contributed by atoms with Gasteiger partial charge in [-0.1, -0.05) is 26.0 Å². The molecule has 0 radical (unpaired) electrons. The van der Waals surface area contributed by atoms with Gasteiger partial charge in [0, 0.05) is 12.2 Å². The van der Waals surface area contributed by atoms with Gasteiger partial charge in [-0.15, -0.1) is 0 Å². The molecule has 66 valence electrons. The molecule has 0 amide bonds. The molecule has 0 bridgehead atoms. The van der Waals surface area contributed by atoms with Crippen molar-refractivity contribution in [2.45, 2.75) is 20.3 Å². The van der Waals surface area contributed by atoms with Crippen molar-refractivity contribution in [3.05, 3.63) is 29.8 Å². The van der Waals surface area contributed by atoms with E-state index in [0.29, 0.717) is 0 Å². The van der Waals surface area contributed by atoms with Crippen molar-refractivity contribution in [3.63, 3.8) is 0 Å². The molecule has 2 nitrogen and oxygen atoms in total. The highest BCUT2D eigenvalue weighted by atomic mass is 15.3. The van der Waals surface area contributed by atoms with E-state index in [1.807, 2.05) is 0 Å². The number of benzene rings is 1. The molecule has 2 N–H and O–H groups in total. The van der Waals surface area contributed by atoms with Crippen LogP contribution >= 0.6 is 0 Å². The van der Waals surface area contributed by atoms with Crippen molar-refractivity contribution in [3.8, 4) is 0 Å². The SMILES string of the molecule is CCNNc1cccc(CC)c1. The van der Waals surface area contributed by atoms with E-state index in [-0.39, 0.29) is 0 Å². The number of aryl methyl sites for hydroxylation is 1. The maximum Gasteiger partial charge on any atom is 0.0490 e. The quantitative estimate of drug-likeness (QED) is 0.666. The summed E-state index contributed by atoms with van der Waals surface area (Å²) >= 11 is 0. The molecule has 1 rings (SSSR count).